The van der Waals surface area contributed by atoms with Crippen LogP contribution in [0.5, 0.6) is 0 Å². The lowest BCUT2D eigenvalue weighted by molar-refractivity contribution is -0.385. The minimum atomic E-state index is -3.77. The molecule has 1 aliphatic rings. The van der Waals surface area contributed by atoms with E-state index in [0.717, 1.165) is 6.54 Å². The maximum absolute atomic E-state index is 13.1. The van der Waals surface area contributed by atoms with Gasteiger partial charge in [0.2, 0.25) is 10.0 Å². The summed E-state index contributed by atoms with van der Waals surface area (Å²) in [6.07, 6.45) is 0. The van der Waals surface area contributed by atoms with Gasteiger partial charge in [-0.05, 0) is 30.5 Å². The first-order chi connectivity index (χ1) is 12.8. The van der Waals surface area contributed by atoms with Crippen LogP contribution in [0.4, 0.5) is 5.69 Å². The van der Waals surface area contributed by atoms with Gasteiger partial charge in [0.1, 0.15) is 0 Å². The van der Waals surface area contributed by atoms with Gasteiger partial charge in [-0.1, -0.05) is 30.3 Å². The van der Waals surface area contributed by atoms with E-state index in [2.05, 4.69) is 17.0 Å². The van der Waals surface area contributed by atoms with Gasteiger partial charge in [0.05, 0.1) is 9.82 Å². The van der Waals surface area contributed by atoms with Crippen LogP contribution in [-0.2, 0) is 16.6 Å². The molecular weight excluding hydrogens is 366 g/mol. The van der Waals surface area contributed by atoms with Crippen LogP contribution < -0.4 is 0 Å². The quantitative estimate of drug-likeness (QED) is 0.580. The zero-order valence-corrected chi connectivity index (χ0v) is 16.3. The lowest BCUT2D eigenvalue weighted by Gasteiger charge is -2.34. The third-order valence-corrected chi connectivity index (χ3v) is 7.04. The molecule has 0 aliphatic carbocycles. The van der Waals surface area contributed by atoms with Gasteiger partial charge in [0.25, 0.3) is 5.69 Å². The summed E-state index contributed by atoms with van der Waals surface area (Å²) in [7, 11) is -3.77. The number of non-ortho nitro benzene ring substituents is 1. The van der Waals surface area contributed by atoms with E-state index in [9.17, 15) is 18.5 Å². The van der Waals surface area contributed by atoms with Crippen LogP contribution in [0.15, 0.2) is 47.4 Å². The molecule has 1 saturated heterocycles. The van der Waals surface area contributed by atoms with Gasteiger partial charge in [0, 0.05) is 44.9 Å². The van der Waals surface area contributed by atoms with E-state index in [1.54, 1.807) is 13.8 Å². The minimum Gasteiger partial charge on any atom is -0.296 e. The molecule has 0 N–H and O–H groups in total. The molecule has 1 fully saturated rings. The summed E-state index contributed by atoms with van der Waals surface area (Å²) in [4.78, 5) is 12.8. The number of hydrogen-bond donors (Lipinski definition) is 0. The maximum atomic E-state index is 13.1. The van der Waals surface area contributed by atoms with Crippen molar-refractivity contribution in [3.8, 4) is 0 Å². The van der Waals surface area contributed by atoms with Gasteiger partial charge < -0.3 is 0 Å². The number of sulfonamides is 1. The average molecular weight is 389 g/mol. The molecule has 0 saturated carbocycles. The molecule has 0 spiro atoms. The van der Waals surface area contributed by atoms with Gasteiger partial charge in [-0.2, -0.15) is 4.31 Å². The number of nitro benzene ring substituents is 1. The second-order valence-electron chi connectivity index (χ2n) is 6.81. The molecule has 1 aliphatic heterocycles. The number of hydrogen-bond acceptors (Lipinski definition) is 5. The largest absolute Gasteiger partial charge is 0.296 e. The maximum Gasteiger partial charge on any atom is 0.271 e. The van der Waals surface area contributed by atoms with Gasteiger partial charge >= 0.3 is 0 Å². The highest BCUT2D eigenvalue weighted by molar-refractivity contribution is 7.89. The molecule has 8 heteroatoms. The third kappa shape index (κ3) is 4.18. The number of rotatable bonds is 5. The summed E-state index contributed by atoms with van der Waals surface area (Å²) >= 11 is 0. The van der Waals surface area contributed by atoms with Crippen molar-refractivity contribution in [3.05, 3.63) is 69.3 Å². The summed E-state index contributed by atoms with van der Waals surface area (Å²) in [5.74, 6) is 0. The molecule has 7 nitrogen and oxygen atoms in total. The molecule has 1 heterocycles. The van der Waals surface area contributed by atoms with Gasteiger partial charge in [0.15, 0.2) is 0 Å². The van der Waals surface area contributed by atoms with Crippen molar-refractivity contribution in [1.82, 2.24) is 9.21 Å². The Morgan fingerprint density at radius 3 is 2.26 bits per heavy atom. The van der Waals surface area contributed by atoms with Crippen LogP contribution in [-0.4, -0.2) is 48.7 Å². The van der Waals surface area contributed by atoms with Crippen molar-refractivity contribution in [2.75, 3.05) is 26.2 Å². The second kappa shape index (κ2) is 7.75. The highest BCUT2D eigenvalue weighted by atomic mass is 32.2. The molecule has 0 bridgehead atoms. The van der Waals surface area contributed by atoms with E-state index in [4.69, 9.17) is 0 Å². The zero-order chi connectivity index (χ0) is 19.6. The van der Waals surface area contributed by atoms with Crippen LogP contribution in [0.2, 0.25) is 0 Å². The van der Waals surface area contributed by atoms with Crippen molar-refractivity contribution in [2.24, 2.45) is 0 Å². The number of aryl methyl sites for hydroxylation is 1. The molecule has 0 atom stereocenters. The summed E-state index contributed by atoms with van der Waals surface area (Å²) in [5.41, 5.74) is 2.16. The average Bonchev–Trinajstić information content (AvgIpc) is 2.65. The first-order valence-corrected chi connectivity index (χ1v) is 10.2. The fraction of sp³-hybridized carbons (Fsp3) is 0.368. The molecule has 0 amide bonds. The summed E-state index contributed by atoms with van der Waals surface area (Å²) in [6.45, 7) is 6.16. The summed E-state index contributed by atoms with van der Waals surface area (Å²) in [5, 5.41) is 11.1. The van der Waals surface area contributed by atoms with E-state index in [1.807, 2.05) is 18.2 Å². The molecule has 27 heavy (non-hydrogen) atoms. The Hall–Kier alpha value is -2.29. The molecule has 2 aromatic carbocycles. The Labute approximate surface area is 159 Å². The Balaban J connectivity index is 1.76. The zero-order valence-electron chi connectivity index (χ0n) is 15.5. The number of benzene rings is 2. The smallest absolute Gasteiger partial charge is 0.271 e. The molecule has 144 valence electrons. The Morgan fingerprint density at radius 1 is 1.04 bits per heavy atom. The number of nitrogens with zero attached hydrogens (tertiary/aromatic N) is 3. The number of piperazine rings is 1. The van der Waals surface area contributed by atoms with Crippen LogP contribution in [0.25, 0.3) is 0 Å². The molecule has 0 radical (unpaired) electrons. The lowest BCUT2D eigenvalue weighted by Crippen LogP contribution is -2.48. The van der Waals surface area contributed by atoms with Crippen molar-refractivity contribution >= 4 is 15.7 Å². The van der Waals surface area contributed by atoms with Crippen molar-refractivity contribution < 1.29 is 13.3 Å². The Morgan fingerprint density at radius 2 is 1.67 bits per heavy atom. The molecule has 2 aromatic rings. The van der Waals surface area contributed by atoms with Gasteiger partial charge in [-0.25, -0.2) is 8.42 Å². The van der Waals surface area contributed by atoms with Crippen molar-refractivity contribution in [2.45, 2.75) is 25.3 Å². The predicted octanol–water partition coefficient (Wildman–Crippen LogP) is 2.72. The highest BCUT2D eigenvalue weighted by Crippen LogP contribution is 2.28. The molecule has 0 aromatic heterocycles. The summed E-state index contributed by atoms with van der Waals surface area (Å²) < 4.78 is 27.6. The fourth-order valence-electron chi connectivity index (χ4n) is 3.29. The summed E-state index contributed by atoms with van der Waals surface area (Å²) in [6, 6.07) is 12.6. The van der Waals surface area contributed by atoms with Crippen LogP contribution in [0.1, 0.15) is 16.7 Å². The predicted molar refractivity (Wildman–Crippen MR) is 103 cm³/mol. The Kier molecular flexibility index (Phi) is 5.59. The molecule has 0 unspecified atom stereocenters. The Bertz CT molecular complexity index is 937. The van der Waals surface area contributed by atoms with Crippen molar-refractivity contribution in [1.29, 1.82) is 0 Å². The number of nitro groups is 1. The minimum absolute atomic E-state index is 0.0331. The standard InChI is InChI=1S/C19H23N3O4S/c1-15-12-18(22(23)24)13-19(16(15)2)27(25,26)21-10-8-20(9-11-21)14-17-6-4-3-5-7-17/h3-7,12-13H,8-11,14H2,1-2H3. The van der Waals surface area contributed by atoms with E-state index >= 15 is 0 Å². The van der Waals surface area contributed by atoms with Crippen LogP contribution in [0.3, 0.4) is 0 Å². The first kappa shape index (κ1) is 19.5. The molecule has 3 rings (SSSR count). The van der Waals surface area contributed by atoms with E-state index in [0.29, 0.717) is 37.3 Å². The SMILES string of the molecule is Cc1cc([N+](=O)[O-])cc(S(=O)(=O)N2CCN(Cc3ccccc3)CC2)c1C. The topological polar surface area (TPSA) is 83.8 Å². The van der Waals surface area contributed by atoms with Crippen molar-refractivity contribution in [3.63, 3.8) is 0 Å². The van der Waals surface area contributed by atoms with Gasteiger partial charge in [-0.3, -0.25) is 15.0 Å². The third-order valence-electron chi connectivity index (χ3n) is 5.01. The monoisotopic (exact) mass is 389 g/mol. The fourth-order valence-corrected chi connectivity index (χ4v) is 5.03. The van der Waals surface area contributed by atoms with Crippen LogP contribution in [0, 0.1) is 24.0 Å². The lowest BCUT2D eigenvalue weighted by atomic mass is 10.1. The highest BCUT2D eigenvalue weighted by Gasteiger charge is 2.31. The second-order valence-corrected chi connectivity index (χ2v) is 8.72. The van der Waals surface area contributed by atoms with E-state index in [1.165, 1.54) is 22.0 Å². The van der Waals surface area contributed by atoms with E-state index < -0.39 is 14.9 Å². The van der Waals surface area contributed by atoms with E-state index in [-0.39, 0.29) is 10.6 Å². The van der Waals surface area contributed by atoms with Crippen LogP contribution >= 0.6 is 0 Å². The molecular formula is C19H23N3O4S. The van der Waals surface area contributed by atoms with Gasteiger partial charge in [-0.15, -0.1) is 0 Å². The first-order valence-electron chi connectivity index (χ1n) is 8.81. The normalized spacial score (nSPS) is 16.4.